The number of halogens is 1. The molecule has 1 aliphatic carbocycles. The van der Waals surface area contributed by atoms with Crippen molar-refractivity contribution in [3.8, 4) is 0 Å². The summed E-state index contributed by atoms with van der Waals surface area (Å²) in [5, 5.41) is 3.19. The van der Waals surface area contributed by atoms with Crippen molar-refractivity contribution in [1.29, 1.82) is 0 Å². The molecule has 1 aliphatic rings. The summed E-state index contributed by atoms with van der Waals surface area (Å²) < 4.78 is 1.02. The monoisotopic (exact) mass is 325 g/mol. The van der Waals surface area contributed by atoms with Gasteiger partial charge in [-0.1, -0.05) is 39.5 Å². The van der Waals surface area contributed by atoms with E-state index < -0.39 is 0 Å². The van der Waals surface area contributed by atoms with Crippen molar-refractivity contribution >= 4 is 21.7 Å². The molecule has 19 heavy (non-hydrogen) atoms. The van der Waals surface area contributed by atoms with Crippen LogP contribution in [0.15, 0.2) is 4.47 Å². The van der Waals surface area contributed by atoms with Gasteiger partial charge in [0.25, 0.3) is 0 Å². The second-order valence-corrected chi connectivity index (χ2v) is 6.52. The third kappa shape index (κ3) is 3.47. The van der Waals surface area contributed by atoms with Gasteiger partial charge in [-0.3, -0.25) is 0 Å². The van der Waals surface area contributed by atoms with E-state index in [1.54, 1.807) is 0 Å². The van der Waals surface area contributed by atoms with Gasteiger partial charge in [0.1, 0.15) is 11.6 Å². The fraction of sp³-hybridized carbons (Fsp3) is 0.733. The molecule has 1 saturated carbocycles. The van der Waals surface area contributed by atoms with Gasteiger partial charge < -0.3 is 5.32 Å². The van der Waals surface area contributed by atoms with Gasteiger partial charge in [-0.15, -0.1) is 0 Å². The van der Waals surface area contributed by atoms with Gasteiger partial charge in [0.05, 0.1) is 10.2 Å². The Kier molecular flexibility index (Phi) is 5.20. The molecule has 0 atom stereocenters. The number of rotatable bonds is 3. The summed E-state index contributed by atoms with van der Waals surface area (Å²) in [5.41, 5.74) is 1.12. The van der Waals surface area contributed by atoms with Gasteiger partial charge in [0, 0.05) is 13.0 Å². The van der Waals surface area contributed by atoms with Crippen LogP contribution in [0.1, 0.15) is 75.7 Å². The van der Waals surface area contributed by atoms with Gasteiger partial charge >= 0.3 is 0 Å². The maximum atomic E-state index is 4.85. The standard InChI is InChI=1S/C15H24BrN3/c1-10(2)13-12(16)15(17-3)19-14(18-13)11-8-6-4-5-7-9-11/h10-11H,4-9H2,1-3H3,(H,17,18,19). The average molecular weight is 326 g/mol. The third-order valence-corrected chi connectivity index (χ3v) is 4.68. The highest BCUT2D eigenvalue weighted by atomic mass is 79.9. The molecule has 0 bridgehead atoms. The summed E-state index contributed by atoms with van der Waals surface area (Å²) in [7, 11) is 1.92. The molecule has 106 valence electrons. The van der Waals surface area contributed by atoms with Gasteiger partial charge in [-0.25, -0.2) is 9.97 Å². The molecule has 2 rings (SSSR count). The molecule has 0 amide bonds. The van der Waals surface area contributed by atoms with E-state index in [2.05, 4.69) is 35.1 Å². The van der Waals surface area contributed by atoms with Crippen LogP contribution in [0, 0.1) is 0 Å². The maximum Gasteiger partial charge on any atom is 0.144 e. The highest BCUT2D eigenvalue weighted by Gasteiger charge is 2.21. The summed E-state index contributed by atoms with van der Waals surface area (Å²) in [5.74, 6) is 2.92. The first-order chi connectivity index (χ1) is 9.13. The molecule has 0 spiro atoms. The normalized spacial score (nSPS) is 17.5. The second-order valence-electron chi connectivity index (χ2n) is 5.72. The van der Waals surface area contributed by atoms with Crippen molar-refractivity contribution in [3.05, 3.63) is 16.0 Å². The highest BCUT2D eigenvalue weighted by Crippen LogP contribution is 2.34. The van der Waals surface area contributed by atoms with Crippen LogP contribution in [0.25, 0.3) is 0 Å². The average Bonchev–Trinajstić information content (AvgIpc) is 2.67. The molecule has 4 heteroatoms. The topological polar surface area (TPSA) is 37.8 Å². The van der Waals surface area contributed by atoms with Gasteiger partial charge in [-0.2, -0.15) is 0 Å². The lowest BCUT2D eigenvalue weighted by Gasteiger charge is -2.18. The van der Waals surface area contributed by atoms with Crippen molar-refractivity contribution < 1.29 is 0 Å². The minimum absolute atomic E-state index is 0.411. The number of hydrogen-bond donors (Lipinski definition) is 1. The lowest BCUT2D eigenvalue weighted by atomic mass is 9.99. The van der Waals surface area contributed by atoms with Crippen LogP contribution in [0.3, 0.4) is 0 Å². The Balaban J connectivity index is 2.36. The van der Waals surface area contributed by atoms with Crippen LogP contribution in [-0.2, 0) is 0 Å². The molecule has 1 fully saturated rings. The largest absolute Gasteiger partial charge is 0.372 e. The molecule has 0 radical (unpaired) electrons. The van der Waals surface area contributed by atoms with Crippen molar-refractivity contribution in [1.82, 2.24) is 9.97 Å². The molecule has 1 heterocycles. The lowest BCUT2D eigenvalue weighted by Crippen LogP contribution is -2.10. The van der Waals surface area contributed by atoms with Crippen molar-refractivity contribution in [2.75, 3.05) is 12.4 Å². The maximum absolute atomic E-state index is 4.85. The van der Waals surface area contributed by atoms with E-state index in [-0.39, 0.29) is 0 Å². The lowest BCUT2D eigenvalue weighted by molar-refractivity contribution is 0.555. The van der Waals surface area contributed by atoms with Crippen molar-refractivity contribution in [3.63, 3.8) is 0 Å². The zero-order valence-corrected chi connectivity index (χ0v) is 13.8. The smallest absolute Gasteiger partial charge is 0.144 e. The van der Waals surface area contributed by atoms with Crippen LogP contribution in [0.2, 0.25) is 0 Å². The van der Waals surface area contributed by atoms with E-state index >= 15 is 0 Å². The number of aromatic nitrogens is 2. The number of nitrogens with one attached hydrogen (secondary N) is 1. The predicted octanol–water partition coefficient (Wildman–Crippen LogP) is 4.84. The zero-order chi connectivity index (χ0) is 13.8. The SMILES string of the molecule is CNc1nc(C2CCCCCC2)nc(C(C)C)c1Br. The van der Waals surface area contributed by atoms with E-state index in [1.165, 1.54) is 38.5 Å². The van der Waals surface area contributed by atoms with Crippen molar-refractivity contribution in [2.24, 2.45) is 0 Å². The van der Waals surface area contributed by atoms with Gasteiger partial charge in [0.2, 0.25) is 0 Å². The fourth-order valence-electron chi connectivity index (χ4n) is 2.75. The summed E-state index contributed by atoms with van der Waals surface area (Å²) in [6.07, 6.45) is 7.84. The highest BCUT2D eigenvalue weighted by molar-refractivity contribution is 9.10. The number of anilines is 1. The van der Waals surface area contributed by atoms with Crippen LogP contribution < -0.4 is 5.32 Å². The number of nitrogens with zero attached hydrogens (tertiary/aromatic N) is 2. The molecule has 0 aromatic carbocycles. The summed E-state index contributed by atoms with van der Waals surface area (Å²) in [6.45, 7) is 4.37. The Morgan fingerprint density at radius 1 is 1.11 bits per heavy atom. The molecule has 0 saturated heterocycles. The molecule has 3 nitrogen and oxygen atoms in total. The Hall–Kier alpha value is -0.640. The van der Waals surface area contributed by atoms with Crippen LogP contribution in [0.5, 0.6) is 0 Å². The summed E-state index contributed by atoms with van der Waals surface area (Å²) in [4.78, 5) is 9.58. The predicted molar refractivity (Wildman–Crippen MR) is 83.8 cm³/mol. The van der Waals surface area contributed by atoms with Crippen LogP contribution in [-0.4, -0.2) is 17.0 Å². The molecule has 1 aromatic heterocycles. The van der Waals surface area contributed by atoms with Gasteiger partial charge in [0.15, 0.2) is 0 Å². The first-order valence-electron chi connectivity index (χ1n) is 7.38. The third-order valence-electron chi connectivity index (χ3n) is 3.90. The van der Waals surface area contributed by atoms with Crippen LogP contribution >= 0.6 is 15.9 Å². The van der Waals surface area contributed by atoms with E-state index in [1.807, 2.05) is 7.05 Å². The number of hydrogen-bond acceptors (Lipinski definition) is 3. The molecule has 1 N–H and O–H groups in total. The molecule has 1 aromatic rings. The molecule has 0 aliphatic heterocycles. The zero-order valence-electron chi connectivity index (χ0n) is 12.2. The Morgan fingerprint density at radius 3 is 2.26 bits per heavy atom. The minimum atomic E-state index is 0.411. The first-order valence-corrected chi connectivity index (χ1v) is 8.17. The second kappa shape index (κ2) is 6.69. The van der Waals surface area contributed by atoms with Crippen LogP contribution in [0.4, 0.5) is 5.82 Å². The van der Waals surface area contributed by atoms with E-state index in [0.717, 1.165) is 21.8 Å². The Bertz CT molecular complexity index is 424. The molecular formula is C15H24BrN3. The van der Waals surface area contributed by atoms with Gasteiger partial charge in [-0.05, 0) is 34.7 Å². The fourth-order valence-corrected chi connectivity index (χ4v) is 3.58. The van der Waals surface area contributed by atoms with E-state index in [0.29, 0.717) is 11.8 Å². The van der Waals surface area contributed by atoms with E-state index in [9.17, 15) is 0 Å². The quantitative estimate of drug-likeness (QED) is 0.808. The summed E-state index contributed by atoms with van der Waals surface area (Å²) >= 11 is 3.63. The van der Waals surface area contributed by atoms with E-state index in [4.69, 9.17) is 9.97 Å². The minimum Gasteiger partial charge on any atom is -0.372 e. The Labute approximate surface area is 124 Å². The molecule has 0 unspecified atom stereocenters. The van der Waals surface area contributed by atoms with Crippen molar-refractivity contribution in [2.45, 2.75) is 64.2 Å². The Morgan fingerprint density at radius 2 is 1.74 bits per heavy atom. The summed E-state index contributed by atoms with van der Waals surface area (Å²) in [6, 6.07) is 0. The molecular weight excluding hydrogens is 302 g/mol. The first kappa shape index (κ1) is 14.8.